The predicted octanol–water partition coefficient (Wildman–Crippen LogP) is 4.21. The first-order valence-corrected chi connectivity index (χ1v) is 7.77. The minimum absolute atomic E-state index is 0.0325. The molecule has 0 radical (unpaired) electrons. The van der Waals surface area contributed by atoms with Crippen LogP contribution in [0.1, 0.15) is 11.1 Å². The average Bonchev–Trinajstić information content (AvgIpc) is 2.58. The van der Waals surface area contributed by atoms with Gasteiger partial charge in [0.1, 0.15) is 24.0 Å². The molecule has 4 nitrogen and oxygen atoms in total. The largest absolute Gasteiger partial charge is 0.479 e. The van der Waals surface area contributed by atoms with E-state index in [0.29, 0.717) is 22.0 Å². The van der Waals surface area contributed by atoms with E-state index in [1.165, 1.54) is 6.08 Å². The standard InChI is InChI=1S/C20H15ClN2O2/c1-3-9-25-19-8-7-15(12-18(19)21)11-16(13-22)20(24)23-17-6-4-5-14(2)10-17/h1,4-8,10-12H,9H2,2H3,(H,23,24)/b16-11+. The van der Waals surface area contributed by atoms with Crippen molar-refractivity contribution in [3.05, 3.63) is 64.2 Å². The Bertz CT molecular complexity index is 905. The Hall–Kier alpha value is -3.21. The van der Waals surface area contributed by atoms with Crippen LogP contribution in [-0.4, -0.2) is 12.5 Å². The molecule has 0 saturated carbocycles. The third kappa shape index (κ3) is 5.14. The van der Waals surface area contributed by atoms with Gasteiger partial charge in [-0.15, -0.1) is 6.42 Å². The minimum Gasteiger partial charge on any atom is -0.479 e. The van der Waals surface area contributed by atoms with Gasteiger partial charge in [0.2, 0.25) is 0 Å². The molecular formula is C20H15ClN2O2. The molecule has 0 aromatic heterocycles. The summed E-state index contributed by atoms with van der Waals surface area (Å²) in [6.45, 7) is 2.03. The predicted molar refractivity (Wildman–Crippen MR) is 99.2 cm³/mol. The van der Waals surface area contributed by atoms with Crippen molar-refractivity contribution in [2.75, 3.05) is 11.9 Å². The molecule has 0 saturated heterocycles. The summed E-state index contributed by atoms with van der Waals surface area (Å²) in [6, 6.07) is 14.2. The quantitative estimate of drug-likeness (QED) is 0.499. The van der Waals surface area contributed by atoms with Crippen LogP contribution in [0, 0.1) is 30.6 Å². The molecule has 0 fully saturated rings. The summed E-state index contributed by atoms with van der Waals surface area (Å²) in [5.74, 6) is 2.31. The van der Waals surface area contributed by atoms with E-state index in [4.69, 9.17) is 22.8 Å². The number of terminal acetylenes is 1. The van der Waals surface area contributed by atoms with E-state index in [2.05, 4.69) is 11.2 Å². The molecule has 124 valence electrons. The molecule has 0 aliphatic heterocycles. The van der Waals surface area contributed by atoms with Crippen molar-refractivity contribution in [1.29, 1.82) is 5.26 Å². The van der Waals surface area contributed by atoms with Crippen molar-refractivity contribution in [2.24, 2.45) is 0 Å². The van der Waals surface area contributed by atoms with E-state index in [-0.39, 0.29) is 12.2 Å². The highest BCUT2D eigenvalue weighted by atomic mass is 35.5. The van der Waals surface area contributed by atoms with Gasteiger partial charge in [-0.2, -0.15) is 5.26 Å². The Morgan fingerprint density at radius 2 is 2.16 bits per heavy atom. The second kappa shape index (κ2) is 8.59. The summed E-state index contributed by atoms with van der Waals surface area (Å²) < 4.78 is 5.28. The van der Waals surface area contributed by atoms with Crippen LogP contribution < -0.4 is 10.1 Å². The number of halogens is 1. The average molecular weight is 351 g/mol. The highest BCUT2D eigenvalue weighted by molar-refractivity contribution is 6.32. The van der Waals surface area contributed by atoms with Crippen LogP contribution in [0.5, 0.6) is 5.75 Å². The maximum atomic E-state index is 12.3. The van der Waals surface area contributed by atoms with Crippen LogP contribution in [0.4, 0.5) is 5.69 Å². The lowest BCUT2D eigenvalue weighted by Gasteiger charge is -2.07. The number of aryl methyl sites for hydroxylation is 1. The minimum atomic E-state index is -0.489. The summed E-state index contributed by atoms with van der Waals surface area (Å²) in [5.41, 5.74) is 2.21. The van der Waals surface area contributed by atoms with Crippen LogP contribution in [-0.2, 0) is 4.79 Å². The summed E-state index contributed by atoms with van der Waals surface area (Å²) in [7, 11) is 0. The Kier molecular flexibility index (Phi) is 6.23. The lowest BCUT2D eigenvalue weighted by molar-refractivity contribution is -0.112. The van der Waals surface area contributed by atoms with E-state index in [0.717, 1.165) is 5.56 Å². The van der Waals surface area contributed by atoms with Crippen LogP contribution in [0.3, 0.4) is 0 Å². The molecule has 0 bridgehead atoms. The molecular weight excluding hydrogens is 336 g/mol. The van der Waals surface area contributed by atoms with Gasteiger partial charge in [-0.05, 0) is 48.4 Å². The number of nitriles is 1. The van der Waals surface area contributed by atoms with E-state index < -0.39 is 5.91 Å². The molecule has 0 spiro atoms. The van der Waals surface area contributed by atoms with Crippen LogP contribution in [0.2, 0.25) is 5.02 Å². The molecule has 5 heteroatoms. The molecule has 0 aliphatic rings. The molecule has 2 aromatic rings. The van der Waals surface area contributed by atoms with Gasteiger partial charge in [-0.1, -0.05) is 35.7 Å². The maximum Gasteiger partial charge on any atom is 0.266 e. The van der Waals surface area contributed by atoms with Crippen molar-refractivity contribution < 1.29 is 9.53 Å². The lowest BCUT2D eigenvalue weighted by Crippen LogP contribution is -2.13. The zero-order valence-electron chi connectivity index (χ0n) is 13.5. The molecule has 0 unspecified atom stereocenters. The van der Waals surface area contributed by atoms with Gasteiger partial charge >= 0.3 is 0 Å². The monoisotopic (exact) mass is 350 g/mol. The van der Waals surface area contributed by atoms with Crippen molar-refractivity contribution in [3.63, 3.8) is 0 Å². The molecule has 0 atom stereocenters. The number of nitrogens with zero attached hydrogens (tertiary/aromatic N) is 1. The van der Waals surface area contributed by atoms with Crippen LogP contribution in [0.15, 0.2) is 48.0 Å². The Morgan fingerprint density at radius 1 is 1.36 bits per heavy atom. The number of ether oxygens (including phenoxy) is 1. The number of carbonyl (C=O) groups is 1. The van der Waals surface area contributed by atoms with Gasteiger partial charge < -0.3 is 10.1 Å². The first-order valence-electron chi connectivity index (χ1n) is 7.39. The molecule has 2 rings (SSSR count). The fourth-order valence-corrected chi connectivity index (χ4v) is 2.32. The van der Waals surface area contributed by atoms with Crippen molar-refractivity contribution in [2.45, 2.75) is 6.92 Å². The fourth-order valence-electron chi connectivity index (χ4n) is 2.08. The Labute approximate surface area is 151 Å². The molecule has 0 aliphatic carbocycles. The third-order valence-corrected chi connectivity index (χ3v) is 3.51. The first kappa shape index (κ1) is 18.1. The fraction of sp³-hybridized carbons (Fsp3) is 0.100. The lowest BCUT2D eigenvalue weighted by atomic mass is 10.1. The molecule has 2 aromatic carbocycles. The number of anilines is 1. The summed E-state index contributed by atoms with van der Waals surface area (Å²) >= 11 is 6.11. The number of rotatable bonds is 5. The van der Waals surface area contributed by atoms with E-state index in [1.807, 2.05) is 31.2 Å². The Balaban J connectivity index is 2.19. The third-order valence-electron chi connectivity index (χ3n) is 3.22. The smallest absolute Gasteiger partial charge is 0.266 e. The topological polar surface area (TPSA) is 62.1 Å². The summed E-state index contributed by atoms with van der Waals surface area (Å²) in [6.07, 6.45) is 6.60. The number of hydrogen-bond acceptors (Lipinski definition) is 3. The zero-order chi connectivity index (χ0) is 18.2. The van der Waals surface area contributed by atoms with Gasteiger partial charge in [-0.25, -0.2) is 0 Å². The number of benzene rings is 2. The Morgan fingerprint density at radius 3 is 2.80 bits per heavy atom. The van der Waals surface area contributed by atoms with Crippen LogP contribution >= 0.6 is 11.6 Å². The van der Waals surface area contributed by atoms with Gasteiger partial charge in [0.25, 0.3) is 5.91 Å². The van der Waals surface area contributed by atoms with E-state index in [9.17, 15) is 10.1 Å². The highest BCUT2D eigenvalue weighted by Crippen LogP contribution is 2.26. The number of hydrogen-bond donors (Lipinski definition) is 1. The van der Waals surface area contributed by atoms with Crippen molar-refractivity contribution in [1.82, 2.24) is 0 Å². The van der Waals surface area contributed by atoms with Crippen LogP contribution in [0.25, 0.3) is 6.08 Å². The van der Waals surface area contributed by atoms with Crippen molar-refractivity contribution >= 4 is 29.3 Å². The molecule has 25 heavy (non-hydrogen) atoms. The first-order chi connectivity index (χ1) is 12.0. The molecule has 1 N–H and O–H groups in total. The van der Waals surface area contributed by atoms with Gasteiger partial charge in [0, 0.05) is 5.69 Å². The molecule has 0 heterocycles. The van der Waals surface area contributed by atoms with Gasteiger partial charge in [0.05, 0.1) is 5.02 Å². The molecule has 1 amide bonds. The zero-order valence-corrected chi connectivity index (χ0v) is 14.3. The maximum absolute atomic E-state index is 12.3. The number of carbonyl (C=O) groups excluding carboxylic acids is 1. The van der Waals surface area contributed by atoms with E-state index >= 15 is 0 Å². The summed E-state index contributed by atoms with van der Waals surface area (Å²) in [4.78, 5) is 12.3. The van der Waals surface area contributed by atoms with Crippen molar-refractivity contribution in [3.8, 4) is 24.2 Å². The SMILES string of the molecule is C#CCOc1ccc(/C=C(\C#N)C(=O)Nc2cccc(C)c2)cc1Cl. The normalized spacial score (nSPS) is 10.5. The van der Waals surface area contributed by atoms with Gasteiger partial charge in [0.15, 0.2) is 0 Å². The van der Waals surface area contributed by atoms with E-state index in [1.54, 1.807) is 24.3 Å². The highest BCUT2D eigenvalue weighted by Gasteiger charge is 2.10. The summed E-state index contributed by atoms with van der Waals surface area (Å²) in [5, 5.41) is 12.3. The van der Waals surface area contributed by atoms with Gasteiger partial charge in [-0.3, -0.25) is 4.79 Å². The number of nitrogens with one attached hydrogen (secondary N) is 1. The number of amides is 1. The second-order valence-corrected chi connectivity index (χ2v) is 5.58. The second-order valence-electron chi connectivity index (χ2n) is 5.18.